The Hall–Kier alpha value is -3.39. The lowest BCUT2D eigenvalue weighted by Crippen LogP contribution is -2.23. The van der Waals surface area contributed by atoms with Crippen LogP contribution in [0, 0.1) is 0 Å². The molecule has 0 atom stereocenters. The number of carbonyl (C=O) groups excluding carboxylic acids is 1. The van der Waals surface area contributed by atoms with E-state index in [9.17, 15) is 13.2 Å². The number of aromatic nitrogens is 2. The van der Waals surface area contributed by atoms with Gasteiger partial charge in [-0.25, -0.2) is 8.42 Å². The highest BCUT2D eigenvalue weighted by molar-refractivity contribution is 7.94. The molecule has 2 N–H and O–H groups in total. The number of para-hydroxylation sites is 1. The van der Waals surface area contributed by atoms with E-state index in [1.165, 1.54) is 18.2 Å². The fourth-order valence-corrected chi connectivity index (χ4v) is 3.69. The number of hydrogen-bond donors (Lipinski definition) is 2. The first-order valence-corrected chi connectivity index (χ1v) is 10.6. The van der Waals surface area contributed by atoms with Crippen molar-refractivity contribution in [1.82, 2.24) is 15.5 Å². The largest absolute Gasteiger partial charge is 0.493 e. The smallest absolute Gasteiger partial charge is 0.269 e. The molecular formula is C21H21N3O4S. The average Bonchev–Trinajstić information content (AvgIpc) is 3.23. The van der Waals surface area contributed by atoms with Crippen molar-refractivity contribution < 1.29 is 17.9 Å². The zero-order chi connectivity index (χ0) is 20.7. The lowest BCUT2D eigenvalue weighted by molar-refractivity contribution is 0.0953. The highest BCUT2D eigenvalue weighted by Crippen LogP contribution is 2.28. The van der Waals surface area contributed by atoms with Gasteiger partial charge in [0.25, 0.3) is 5.91 Å². The molecule has 3 aromatic rings. The van der Waals surface area contributed by atoms with E-state index >= 15 is 0 Å². The summed E-state index contributed by atoms with van der Waals surface area (Å²) in [7, 11) is -3.53. The number of sulfone groups is 1. The summed E-state index contributed by atoms with van der Waals surface area (Å²) in [5.74, 6) is 0.293. The number of nitrogens with one attached hydrogen (secondary N) is 2. The third kappa shape index (κ3) is 5.11. The zero-order valence-electron chi connectivity index (χ0n) is 15.8. The number of hydrogen-bond acceptors (Lipinski definition) is 5. The van der Waals surface area contributed by atoms with Crippen molar-refractivity contribution in [2.45, 2.75) is 11.8 Å². The Labute approximate surface area is 169 Å². The predicted molar refractivity (Wildman–Crippen MR) is 110 cm³/mol. The molecule has 0 saturated heterocycles. The Morgan fingerprint density at radius 1 is 1.14 bits per heavy atom. The van der Waals surface area contributed by atoms with Gasteiger partial charge in [-0.15, -0.1) is 0 Å². The fraction of sp³-hybridized carbons (Fsp3) is 0.143. The van der Waals surface area contributed by atoms with Crippen LogP contribution in [0.1, 0.15) is 17.4 Å². The van der Waals surface area contributed by atoms with Gasteiger partial charge in [-0.3, -0.25) is 9.89 Å². The Balaban J connectivity index is 1.63. The molecule has 8 heteroatoms. The first-order chi connectivity index (χ1) is 14.0. The van der Waals surface area contributed by atoms with Crippen LogP contribution in [0.25, 0.3) is 11.3 Å². The van der Waals surface area contributed by atoms with Gasteiger partial charge in [0.05, 0.1) is 17.2 Å². The van der Waals surface area contributed by atoms with Crippen molar-refractivity contribution in [3.05, 3.63) is 77.8 Å². The first kappa shape index (κ1) is 20.3. The van der Waals surface area contributed by atoms with Crippen LogP contribution in [-0.2, 0) is 9.84 Å². The number of H-pyrrole nitrogens is 1. The maximum Gasteiger partial charge on any atom is 0.269 e. The molecule has 0 radical (unpaired) electrons. The van der Waals surface area contributed by atoms with Crippen molar-refractivity contribution in [3.8, 4) is 17.0 Å². The van der Waals surface area contributed by atoms with E-state index in [4.69, 9.17) is 4.74 Å². The highest BCUT2D eigenvalue weighted by Gasteiger charge is 2.13. The molecule has 1 aromatic heterocycles. The van der Waals surface area contributed by atoms with Gasteiger partial charge in [-0.2, -0.15) is 5.10 Å². The third-order valence-electron chi connectivity index (χ3n) is 4.01. The molecule has 2 aromatic carbocycles. The molecule has 3 rings (SSSR count). The van der Waals surface area contributed by atoms with E-state index in [-0.39, 0.29) is 23.0 Å². The second-order valence-corrected chi connectivity index (χ2v) is 7.87. The average molecular weight is 411 g/mol. The SMILES string of the molecule is CCOc1ccccc1-c1cc(C(=O)NC/C=C/S(=O)(=O)c2ccccc2)[nH]n1. The number of ether oxygens (including phenoxy) is 1. The van der Waals surface area contributed by atoms with Gasteiger partial charge < -0.3 is 10.1 Å². The molecule has 0 fully saturated rings. The van der Waals surface area contributed by atoms with Crippen molar-refractivity contribution in [1.29, 1.82) is 0 Å². The van der Waals surface area contributed by atoms with E-state index in [2.05, 4.69) is 15.5 Å². The van der Waals surface area contributed by atoms with Gasteiger partial charge in [0, 0.05) is 17.5 Å². The number of rotatable bonds is 8. The molecule has 29 heavy (non-hydrogen) atoms. The summed E-state index contributed by atoms with van der Waals surface area (Å²) >= 11 is 0. The van der Waals surface area contributed by atoms with Crippen LogP contribution in [0.5, 0.6) is 5.75 Å². The minimum absolute atomic E-state index is 0.0643. The predicted octanol–water partition coefficient (Wildman–Crippen LogP) is 3.19. The Morgan fingerprint density at radius 2 is 1.86 bits per heavy atom. The lowest BCUT2D eigenvalue weighted by atomic mass is 10.1. The molecule has 0 saturated carbocycles. The molecule has 0 aliphatic rings. The van der Waals surface area contributed by atoms with Crippen LogP contribution in [0.3, 0.4) is 0 Å². The number of nitrogens with zero attached hydrogens (tertiary/aromatic N) is 1. The Morgan fingerprint density at radius 3 is 2.62 bits per heavy atom. The van der Waals surface area contributed by atoms with Crippen LogP contribution in [0.2, 0.25) is 0 Å². The summed E-state index contributed by atoms with van der Waals surface area (Å²) in [6.45, 7) is 2.48. The van der Waals surface area contributed by atoms with E-state index < -0.39 is 9.84 Å². The summed E-state index contributed by atoms with van der Waals surface area (Å²) in [5.41, 5.74) is 1.63. The zero-order valence-corrected chi connectivity index (χ0v) is 16.6. The second kappa shape index (κ2) is 9.20. The topological polar surface area (TPSA) is 101 Å². The van der Waals surface area contributed by atoms with Gasteiger partial charge in [0.15, 0.2) is 9.84 Å². The Kier molecular flexibility index (Phi) is 6.46. The van der Waals surface area contributed by atoms with Crippen molar-refractivity contribution in [2.24, 2.45) is 0 Å². The maximum atomic E-state index is 12.3. The van der Waals surface area contributed by atoms with Crippen LogP contribution in [0.15, 0.2) is 77.0 Å². The first-order valence-electron chi connectivity index (χ1n) is 9.03. The van der Waals surface area contributed by atoms with Crippen molar-refractivity contribution in [2.75, 3.05) is 13.2 Å². The molecule has 150 valence electrons. The number of amides is 1. The summed E-state index contributed by atoms with van der Waals surface area (Å²) in [4.78, 5) is 12.5. The van der Waals surface area contributed by atoms with Gasteiger partial charge >= 0.3 is 0 Å². The Bertz CT molecular complexity index is 1110. The molecule has 0 aliphatic heterocycles. The summed E-state index contributed by atoms with van der Waals surface area (Å²) < 4.78 is 29.9. The normalized spacial score (nSPS) is 11.5. The molecule has 0 unspecified atom stereocenters. The molecule has 1 heterocycles. The molecule has 7 nitrogen and oxygen atoms in total. The molecule has 0 bridgehead atoms. The van der Waals surface area contributed by atoms with Gasteiger partial charge in [-0.1, -0.05) is 36.4 Å². The molecule has 0 spiro atoms. The number of carbonyl (C=O) groups is 1. The summed E-state index contributed by atoms with van der Waals surface area (Å²) in [5, 5.41) is 10.6. The fourth-order valence-electron chi connectivity index (χ4n) is 2.65. The minimum Gasteiger partial charge on any atom is -0.493 e. The van der Waals surface area contributed by atoms with E-state index in [0.29, 0.717) is 18.1 Å². The lowest BCUT2D eigenvalue weighted by Gasteiger charge is -2.07. The number of benzene rings is 2. The van der Waals surface area contributed by atoms with Crippen LogP contribution in [-0.4, -0.2) is 37.7 Å². The standard InChI is InChI=1S/C21H21N3O4S/c1-2-28-20-12-7-6-11-17(20)18-15-19(24-23-18)21(25)22-13-8-14-29(26,27)16-9-4-3-5-10-16/h3-12,14-15H,2,13H2,1H3,(H,22,25)(H,23,24)/b14-8+. The van der Waals surface area contributed by atoms with Gasteiger partial charge in [-0.05, 0) is 37.3 Å². The number of aromatic amines is 1. The van der Waals surface area contributed by atoms with Gasteiger partial charge in [0.1, 0.15) is 11.4 Å². The quantitative estimate of drug-likeness (QED) is 0.593. The summed E-state index contributed by atoms with van der Waals surface area (Å²) in [6.07, 6.45) is 1.39. The highest BCUT2D eigenvalue weighted by atomic mass is 32.2. The van der Waals surface area contributed by atoms with E-state index in [1.807, 2.05) is 31.2 Å². The van der Waals surface area contributed by atoms with Crippen molar-refractivity contribution in [3.63, 3.8) is 0 Å². The molecule has 0 aliphatic carbocycles. The monoisotopic (exact) mass is 411 g/mol. The van der Waals surface area contributed by atoms with Crippen molar-refractivity contribution >= 4 is 15.7 Å². The second-order valence-electron chi connectivity index (χ2n) is 6.04. The molecular weight excluding hydrogens is 390 g/mol. The minimum atomic E-state index is -3.53. The van der Waals surface area contributed by atoms with E-state index in [1.54, 1.807) is 24.3 Å². The van der Waals surface area contributed by atoms with Crippen LogP contribution >= 0.6 is 0 Å². The summed E-state index contributed by atoms with van der Waals surface area (Å²) in [6, 6.07) is 17.1. The molecule has 1 amide bonds. The third-order valence-corrected chi connectivity index (χ3v) is 5.49. The maximum absolute atomic E-state index is 12.3. The van der Waals surface area contributed by atoms with Gasteiger partial charge in [0.2, 0.25) is 0 Å². The van der Waals surface area contributed by atoms with E-state index in [0.717, 1.165) is 11.0 Å². The van der Waals surface area contributed by atoms with Crippen LogP contribution in [0.4, 0.5) is 0 Å². The van der Waals surface area contributed by atoms with Crippen LogP contribution < -0.4 is 10.1 Å².